The molecule has 4 heteroatoms. The van der Waals surface area contributed by atoms with E-state index < -0.39 is 0 Å². The second-order valence-electron chi connectivity index (χ2n) is 5.10. The van der Waals surface area contributed by atoms with E-state index in [4.69, 9.17) is 4.74 Å². The maximum atomic E-state index is 10.4. The van der Waals surface area contributed by atoms with Gasteiger partial charge >= 0.3 is 0 Å². The van der Waals surface area contributed by atoms with Crippen molar-refractivity contribution in [3.8, 4) is 0 Å². The van der Waals surface area contributed by atoms with E-state index in [-0.39, 0.29) is 12.2 Å². The Morgan fingerprint density at radius 3 is 2.72 bits per heavy atom. The minimum Gasteiger partial charge on any atom is -0.390 e. The van der Waals surface area contributed by atoms with Crippen molar-refractivity contribution in [3.63, 3.8) is 0 Å². The largest absolute Gasteiger partial charge is 0.390 e. The lowest BCUT2D eigenvalue weighted by Gasteiger charge is -2.32. The van der Waals surface area contributed by atoms with Crippen LogP contribution in [0.3, 0.4) is 0 Å². The van der Waals surface area contributed by atoms with Crippen LogP contribution in [0.25, 0.3) is 0 Å². The van der Waals surface area contributed by atoms with Crippen molar-refractivity contribution in [2.45, 2.75) is 50.7 Å². The number of aliphatic hydroxyl groups excluding tert-OH is 1. The van der Waals surface area contributed by atoms with Gasteiger partial charge in [-0.15, -0.1) is 11.3 Å². The summed E-state index contributed by atoms with van der Waals surface area (Å²) in [5, 5.41) is 12.5. The predicted octanol–water partition coefficient (Wildman–Crippen LogP) is 4.01. The smallest absolute Gasteiger partial charge is 0.0861 e. The zero-order valence-electron chi connectivity index (χ0n) is 10.8. The predicted molar refractivity (Wildman–Crippen MR) is 79.1 cm³/mol. The molecule has 1 aliphatic rings. The minimum absolute atomic E-state index is 0.00817. The fourth-order valence-electron chi connectivity index (χ4n) is 2.91. The molecular weight excluding hydrogens is 312 g/mol. The van der Waals surface area contributed by atoms with Gasteiger partial charge in [-0.3, -0.25) is 0 Å². The van der Waals surface area contributed by atoms with Crippen LogP contribution in [0, 0.1) is 5.92 Å². The second kappa shape index (κ2) is 7.04. The highest BCUT2D eigenvalue weighted by molar-refractivity contribution is 9.10. The van der Waals surface area contributed by atoms with Gasteiger partial charge in [-0.05, 0) is 40.8 Å². The first-order valence-electron chi connectivity index (χ1n) is 6.64. The maximum absolute atomic E-state index is 10.4. The van der Waals surface area contributed by atoms with Crippen molar-refractivity contribution in [2.75, 3.05) is 7.11 Å². The van der Waals surface area contributed by atoms with Crippen molar-refractivity contribution >= 4 is 27.3 Å². The molecule has 1 aromatic rings. The Kier molecular flexibility index (Phi) is 5.67. The highest BCUT2D eigenvalue weighted by Gasteiger charge is 2.29. The first-order valence-corrected chi connectivity index (χ1v) is 8.31. The van der Waals surface area contributed by atoms with E-state index in [1.807, 2.05) is 0 Å². The van der Waals surface area contributed by atoms with Gasteiger partial charge in [-0.25, -0.2) is 0 Å². The molecule has 2 atom stereocenters. The van der Waals surface area contributed by atoms with E-state index in [1.165, 1.54) is 37.0 Å². The molecule has 18 heavy (non-hydrogen) atoms. The van der Waals surface area contributed by atoms with E-state index in [0.717, 1.165) is 4.47 Å². The van der Waals surface area contributed by atoms with Gasteiger partial charge < -0.3 is 9.84 Å². The van der Waals surface area contributed by atoms with Crippen molar-refractivity contribution < 1.29 is 9.84 Å². The van der Waals surface area contributed by atoms with Crippen LogP contribution in [-0.4, -0.2) is 24.4 Å². The molecule has 0 amide bonds. The van der Waals surface area contributed by atoms with Crippen LogP contribution in [0.15, 0.2) is 15.9 Å². The molecule has 0 aromatic carbocycles. The van der Waals surface area contributed by atoms with Gasteiger partial charge in [0.2, 0.25) is 0 Å². The number of hydrogen-bond acceptors (Lipinski definition) is 3. The van der Waals surface area contributed by atoms with Crippen LogP contribution in [0.5, 0.6) is 0 Å². The molecule has 2 nitrogen and oxygen atoms in total. The number of methoxy groups -OCH3 is 1. The van der Waals surface area contributed by atoms with Gasteiger partial charge in [0, 0.05) is 28.3 Å². The van der Waals surface area contributed by atoms with E-state index in [1.54, 1.807) is 18.4 Å². The van der Waals surface area contributed by atoms with Gasteiger partial charge in [0.25, 0.3) is 0 Å². The Morgan fingerprint density at radius 2 is 2.17 bits per heavy atom. The second-order valence-corrected chi connectivity index (χ2v) is 7.01. The summed E-state index contributed by atoms with van der Waals surface area (Å²) in [6.07, 6.45) is 6.60. The fraction of sp³-hybridized carbons (Fsp3) is 0.714. The Morgan fingerprint density at radius 1 is 1.44 bits per heavy atom. The first-order chi connectivity index (χ1) is 8.70. The lowest BCUT2D eigenvalue weighted by molar-refractivity contribution is -0.0532. The van der Waals surface area contributed by atoms with E-state index in [9.17, 15) is 5.11 Å². The molecule has 1 aliphatic carbocycles. The topological polar surface area (TPSA) is 29.5 Å². The van der Waals surface area contributed by atoms with Gasteiger partial charge in [0.1, 0.15) is 0 Å². The standard InChI is InChI=1S/C14H21BrO2S/c1-17-14(10-5-3-2-4-6-10)13(16)8-12-7-11(15)9-18-12/h7,9-10,13-14,16H,2-6,8H2,1H3. The maximum Gasteiger partial charge on any atom is 0.0861 e. The third kappa shape index (κ3) is 3.80. The number of halogens is 1. The Balaban J connectivity index is 1.93. The first kappa shape index (κ1) is 14.5. The molecule has 1 saturated carbocycles. The van der Waals surface area contributed by atoms with E-state index in [0.29, 0.717) is 12.3 Å². The van der Waals surface area contributed by atoms with Gasteiger partial charge in [0.05, 0.1) is 12.2 Å². The average Bonchev–Trinajstić information content (AvgIpc) is 2.77. The van der Waals surface area contributed by atoms with Crippen LogP contribution >= 0.6 is 27.3 Å². The molecule has 2 unspecified atom stereocenters. The quantitative estimate of drug-likeness (QED) is 0.882. The lowest BCUT2D eigenvalue weighted by Crippen LogP contribution is -2.37. The Hall–Kier alpha value is 0.1000. The molecular formula is C14H21BrO2S. The monoisotopic (exact) mass is 332 g/mol. The van der Waals surface area contributed by atoms with Crippen LogP contribution in [0.4, 0.5) is 0 Å². The normalized spacial score (nSPS) is 20.8. The molecule has 0 saturated heterocycles. The Labute approximate surface area is 121 Å². The molecule has 102 valence electrons. The molecule has 0 bridgehead atoms. The summed E-state index contributed by atoms with van der Waals surface area (Å²) in [6.45, 7) is 0. The van der Waals surface area contributed by atoms with Crippen LogP contribution in [-0.2, 0) is 11.2 Å². The zero-order valence-corrected chi connectivity index (χ0v) is 13.2. The highest BCUT2D eigenvalue weighted by atomic mass is 79.9. The highest BCUT2D eigenvalue weighted by Crippen LogP contribution is 2.31. The number of hydrogen-bond donors (Lipinski definition) is 1. The van der Waals surface area contributed by atoms with Crippen molar-refractivity contribution in [1.29, 1.82) is 0 Å². The molecule has 1 N–H and O–H groups in total. The Bertz CT molecular complexity index is 360. The summed E-state index contributed by atoms with van der Waals surface area (Å²) in [7, 11) is 1.73. The molecule has 1 aromatic heterocycles. The molecule has 1 heterocycles. The van der Waals surface area contributed by atoms with Gasteiger partial charge in [-0.1, -0.05) is 19.3 Å². The van der Waals surface area contributed by atoms with Gasteiger partial charge in [-0.2, -0.15) is 0 Å². The minimum atomic E-state index is -0.386. The number of aliphatic hydroxyl groups is 1. The van der Waals surface area contributed by atoms with E-state index in [2.05, 4.69) is 27.4 Å². The van der Waals surface area contributed by atoms with Crippen molar-refractivity contribution in [1.82, 2.24) is 0 Å². The number of thiophene rings is 1. The summed E-state index contributed by atoms with van der Waals surface area (Å²) in [6, 6.07) is 2.08. The van der Waals surface area contributed by atoms with Gasteiger partial charge in [0.15, 0.2) is 0 Å². The average molecular weight is 333 g/mol. The molecule has 0 radical (unpaired) electrons. The molecule has 0 aliphatic heterocycles. The molecule has 0 spiro atoms. The van der Waals surface area contributed by atoms with Crippen molar-refractivity contribution in [3.05, 3.63) is 20.8 Å². The third-order valence-corrected chi connectivity index (χ3v) is 5.52. The van der Waals surface area contributed by atoms with E-state index >= 15 is 0 Å². The summed E-state index contributed by atoms with van der Waals surface area (Å²) in [5.41, 5.74) is 0. The summed E-state index contributed by atoms with van der Waals surface area (Å²) in [5.74, 6) is 0.530. The van der Waals surface area contributed by atoms with Crippen molar-refractivity contribution in [2.24, 2.45) is 5.92 Å². The fourth-order valence-corrected chi connectivity index (χ4v) is 4.41. The molecule has 1 fully saturated rings. The third-order valence-electron chi connectivity index (χ3n) is 3.80. The number of ether oxygens (including phenoxy) is 1. The lowest BCUT2D eigenvalue weighted by atomic mass is 9.82. The summed E-state index contributed by atoms with van der Waals surface area (Å²) < 4.78 is 6.67. The zero-order chi connectivity index (χ0) is 13.0. The van der Waals surface area contributed by atoms with Crippen LogP contribution in [0.2, 0.25) is 0 Å². The molecule has 2 rings (SSSR count). The summed E-state index contributed by atoms with van der Waals surface area (Å²) in [4.78, 5) is 1.22. The number of rotatable bonds is 5. The summed E-state index contributed by atoms with van der Waals surface area (Å²) >= 11 is 5.14. The SMILES string of the molecule is COC(C(O)Cc1cc(Br)cs1)C1CCCCC1. The van der Waals surface area contributed by atoms with Crippen LogP contribution in [0.1, 0.15) is 37.0 Å². The van der Waals surface area contributed by atoms with Crippen LogP contribution < -0.4 is 0 Å².